The van der Waals surface area contributed by atoms with Crippen LogP contribution in [-0.2, 0) is 15.3 Å². The fraction of sp³-hybridized carbons (Fsp3) is 0.286. The first-order valence-corrected chi connectivity index (χ1v) is 10.0. The average molecular weight is 418 g/mol. The molecule has 0 spiro atoms. The molecule has 2 amide bonds. The quantitative estimate of drug-likeness (QED) is 0.632. The van der Waals surface area contributed by atoms with Gasteiger partial charge in [-0.3, -0.25) is 14.4 Å². The molecule has 29 heavy (non-hydrogen) atoms. The van der Waals surface area contributed by atoms with E-state index in [-0.39, 0.29) is 24.0 Å². The van der Waals surface area contributed by atoms with Crippen molar-refractivity contribution in [3.63, 3.8) is 0 Å². The number of Topliss-reactive ketones (excluding diaryl/α,β-unsaturated/α-hetero) is 1. The van der Waals surface area contributed by atoms with E-state index in [1.54, 1.807) is 31.4 Å². The summed E-state index contributed by atoms with van der Waals surface area (Å²) in [5.74, 6) is 0.180. The fourth-order valence-corrected chi connectivity index (χ4v) is 3.48. The molecular weight excluding hydrogens is 395 g/mol. The van der Waals surface area contributed by atoms with Crippen LogP contribution in [0.15, 0.2) is 42.5 Å². The number of ketones is 1. The summed E-state index contributed by atoms with van der Waals surface area (Å²) in [5.41, 5.74) is 1.74. The van der Waals surface area contributed by atoms with Gasteiger partial charge in [-0.1, -0.05) is 6.07 Å². The summed E-state index contributed by atoms with van der Waals surface area (Å²) in [6.45, 7) is 1.35. The second-order valence-corrected chi connectivity index (χ2v) is 7.37. The predicted octanol–water partition coefficient (Wildman–Crippen LogP) is 3.37. The summed E-state index contributed by atoms with van der Waals surface area (Å²) in [6.07, 6.45) is 0. The van der Waals surface area contributed by atoms with E-state index in [1.807, 2.05) is 0 Å². The van der Waals surface area contributed by atoms with E-state index < -0.39 is 11.7 Å². The van der Waals surface area contributed by atoms with Gasteiger partial charge in [-0.15, -0.1) is 11.8 Å². The smallest absolute Gasteiger partial charge is 0.243 e. The summed E-state index contributed by atoms with van der Waals surface area (Å²) in [6, 6.07) is 10.7. The molecule has 0 bridgehead atoms. The molecule has 2 rings (SSSR count). The summed E-state index contributed by atoms with van der Waals surface area (Å²) < 4.78 is 18.5. The summed E-state index contributed by atoms with van der Waals surface area (Å²) >= 11 is 1.36. The zero-order valence-corrected chi connectivity index (χ0v) is 17.3. The number of amides is 2. The number of likely N-dealkylation sites (N-methyl/N-ethyl adjacent to an activating group) is 1. The predicted molar refractivity (Wildman–Crippen MR) is 112 cm³/mol. The van der Waals surface area contributed by atoms with Crippen molar-refractivity contribution in [1.82, 2.24) is 4.90 Å². The number of hydrogen-bond acceptors (Lipinski definition) is 5. The molecule has 0 aliphatic heterocycles. The van der Waals surface area contributed by atoms with Crippen molar-refractivity contribution in [2.75, 3.05) is 31.8 Å². The number of carbonyl (C=O) groups is 3. The number of thioether (sulfide) groups is 1. The topological polar surface area (TPSA) is 75.7 Å². The molecular formula is C21H23FN2O4S. The molecule has 0 saturated heterocycles. The second kappa shape index (κ2) is 10.6. The first kappa shape index (κ1) is 22.4. The highest BCUT2D eigenvalue weighted by Crippen LogP contribution is 2.25. The molecule has 154 valence electrons. The van der Waals surface area contributed by atoms with Gasteiger partial charge in [0.1, 0.15) is 11.6 Å². The SMILES string of the molecule is COc1ccc(C(C)=O)cc1CSCC(=O)N(C)CC(=O)Nc1cccc(F)c1. The lowest BCUT2D eigenvalue weighted by Crippen LogP contribution is -2.36. The van der Waals surface area contributed by atoms with Crippen LogP contribution < -0.4 is 10.1 Å². The maximum absolute atomic E-state index is 13.2. The van der Waals surface area contributed by atoms with E-state index in [0.717, 1.165) is 5.56 Å². The molecule has 0 aliphatic carbocycles. The zero-order chi connectivity index (χ0) is 21.4. The summed E-state index contributed by atoms with van der Waals surface area (Å²) in [4.78, 5) is 37.2. The number of benzene rings is 2. The maximum atomic E-state index is 13.2. The third-order valence-electron chi connectivity index (χ3n) is 4.08. The van der Waals surface area contributed by atoms with Gasteiger partial charge >= 0.3 is 0 Å². The summed E-state index contributed by atoms with van der Waals surface area (Å²) in [5, 5.41) is 2.55. The van der Waals surface area contributed by atoms with Crippen LogP contribution in [0.3, 0.4) is 0 Å². The third-order valence-corrected chi connectivity index (χ3v) is 5.05. The lowest BCUT2D eigenvalue weighted by atomic mass is 10.1. The number of nitrogens with one attached hydrogen (secondary N) is 1. The van der Waals surface area contributed by atoms with Gasteiger partial charge < -0.3 is 15.0 Å². The number of carbonyl (C=O) groups excluding carboxylic acids is 3. The van der Waals surface area contributed by atoms with Crippen LogP contribution in [0.2, 0.25) is 0 Å². The van der Waals surface area contributed by atoms with Crippen LogP contribution >= 0.6 is 11.8 Å². The zero-order valence-electron chi connectivity index (χ0n) is 16.5. The highest BCUT2D eigenvalue weighted by Gasteiger charge is 2.14. The van der Waals surface area contributed by atoms with Gasteiger partial charge in [0.15, 0.2) is 5.78 Å². The van der Waals surface area contributed by atoms with E-state index in [0.29, 0.717) is 22.8 Å². The number of ether oxygens (including phenoxy) is 1. The van der Waals surface area contributed by atoms with Crippen molar-refractivity contribution >= 4 is 35.0 Å². The minimum Gasteiger partial charge on any atom is -0.496 e. The first-order chi connectivity index (χ1) is 13.8. The molecule has 0 aliphatic rings. The Balaban J connectivity index is 1.85. The van der Waals surface area contributed by atoms with E-state index in [4.69, 9.17) is 4.74 Å². The lowest BCUT2D eigenvalue weighted by Gasteiger charge is -2.17. The van der Waals surface area contributed by atoms with Crippen molar-refractivity contribution in [2.45, 2.75) is 12.7 Å². The van der Waals surface area contributed by atoms with Crippen LogP contribution in [-0.4, -0.2) is 49.0 Å². The van der Waals surface area contributed by atoms with Gasteiger partial charge in [-0.2, -0.15) is 0 Å². The van der Waals surface area contributed by atoms with E-state index in [2.05, 4.69) is 5.32 Å². The van der Waals surface area contributed by atoms with Crippen LogP contribution in [0, 0.1) is 5.82 Å². The molecule has 8 heteroatoms. The number of halogens is 1. The molecule has 0 heterocycles. The number of hydrogen-bond donors (Lipinski definition) is 1. The van der Waals surface area contributed by atoms with Crippen LogP contribution in [0.25, 0.3) is 0 Å². The molecule has 6 nitrogen and oxygen atoms in total. The Labute approximate surface area is 173 Å². The molecule has 0 atom stereocenters. The van der Waals surface area contributed by atoms with Crippen LogP contribution in [0.5, 0.6) is 5.75 Å². The number of anilines is 1. The van der Waals surface area contributed by atoms with Crippen molar-refractivity contribution in [1.29, 1.82) is 0 Å². The highest BCUT2D eigenvalue weighted by molar-refractivity contribution is 7.99. The third kappa shape index (κ3) is 6.90. The standard InChI is InChI=1S/C21H23FN2O4S/c1-14(25)15-7-8-19(28-3)16(9-15)12-29-13-21(27)24(2)11-20(26)23-18-6-4-5-17(22)10-18/h4-10H,11-13H2,1-3H3,(H,23,26). The Kier molecular flexibility index (Phi) is 8.21. The summed E-state index contributed by atoms with van der Waals surface area (Å²) in [7, 11) is 3.08. The van der Waals surface area contributed by atoms with Gasteiger partial charge in [0.05, 0.1) is 19.4 Å². The van der Waals surface area contributed by atoms with Gasteiger partial charge in [0, 0.05) is 29.6 Å². The Hall–Kier alpha value is -2.87. The highest BCUT2D eigenvalue weighted by atomic mass is 32.2. The Bertz CT molecular complexity index is 904. The van der Waals surface area contributed by atoms with Crippen molar-refractivity contribution in [3.05, 3.63) is 59.4 Å². The molecule has 0 radical (unpaired) electrons. The molecule has 2 aromatic carbocycles. The van der Waals surface area contributed by atoms with Crippen LogP contribution in [0.4, 0.5) is 10.1 Å². The monoisotopic (exact) mass is 418 g/mol. The fourth-order valence-electron chi connectivity index (χ4n) is 2.54. The number of methoxy groups -OCH3 is 1. The minimum absolute atomic E-state index is 0.0426. The molecule has 1 N–H and O–H groups in total. The molecule has 0 aromatic heterocycles. The Morgan fingerprint density at radius 2 is 1.93 bits per heavy atom. The van der Waals surface area contributed by atoms with Gasteiger partial charge in [-0.05, 0) is 43.3 Å². The Morgan fingerprint density at radius 1 is 1.17 bits per heavy atom. The minimum atomic E-state index is -0.451. The first-order valence-electron chi connectivity index (χ1n) is 8.85. The number of nitrogens with zero attached hydrogens (tertiary/aromatic N) is 1. The van der Waals surface area contributed by atoms with Gasteiger partial charge in [-0.25, -0.2) is 4.39 Å². The molecule has 0 saturated carbocycles. The normalized spacial score (nSPS) is 10.3. The van der Waals surface area contributed by atoms with Crippen molar-refractivity contribution in [2.24, 2.45) is 0 Å². The molecule has 0 fully saturated rings. The van der Waals surface area contributed by atoms with Crippen molar-refractivity contribution in [3.8, 4) is 5.75 Å². The van der Waals surface area contributed by atoms with E-state index in [9.17, 15) is 18.8 Å². The van der Waals surface area contributed by atoms with E-state index >= 15 is 0 Å². The largest absolute Gasteiger partial charge is 0.496 e. The van der Waals surface area contributed by atoms with E-state index in [1.165, 1.54) is 48.8 Å². The molecule has 0 unspecified atom stereocenters. The van der Waals surface area contributed by atoms with Crippen molar-refractivity contribution < 1.29 is 23.5 Å². The van der Waals surface area contributed by atoms with Gasteiger partial charge in [0.2, 0.25) is 11.8 Å². The number of rotatable bonds is 9. The average Bonchev–Trinajstić information content (AvgIpc) is 2.67. The second-order valence-electron chi connectivity index (χ2n) is 6.38. The van der Waals surface area contributed by atoms with Gasteiger partial charge in [0.25, 0.3) is 0 Å². The Morgan fingerprint density at radius 3 is 2.59 bits per heavy atom. The van der Waals surface area contributed by atoms with Crippen LogP contribution in [0.1, 0.15) is 22.8 Å². The lowest BCUT2D eigenvalue weighted by molar-refractivity contribution is -0.131. The maximum Gasteiger partial charge on any atom is 0.243 e. The molecule has 2 aromatic rings.